The van der Waals surface area contributed by atoms with Crippen molar-refractivity contribution in [2.24, 2.45) is 0 Å². The van der Waals surface area contributed by atoms with Gasteiger partial charge in [0, 0.05) is 51.8 Å². The van der Waals surface area contributed by atoms with E-state index < -0.39 is 72.4 Å². The molecule has 22 nitrogen and oxygen atoms in total. The van der Waals surface area contributed by atoms with E-state index in [4.69, 9.17) is 37.2 Å². The lowest BCUT2D eigenvalue weighted by Gasteiger charge is -2.32. The van der Waals surface area contributed by atoms with Crippen molar-refractivity contribution < 1.29 is 76.1 Å². The number of amides is 2. The number of benzene rings is 2. The normalized spacial score (nSPS) is 14.8. The molecule has 2 amide bonds. The van der Waals surface area contributed by atoms with Crippen molar-refractivity contribution in [3.05, 3.63) is 71.0 Å². The number of nitrogens with zero attached hydrogens (tertiary/aromatic N) is 6. The molecule has 0 spiro atoms. The first-order chi connectivity index (χ1) is 31.7. The summed E-state index contributed by atoms with van der Waals surface area (Å²) in [6.07, 6.45) is 1.38. The van der Waals surface area contributed by atoms with E-state index in [1.807, 2.05) is 13.8 Å². The molecule has 0 radical (unpaired) electrons. The summed E-state index contributed by atoms with van der Waals surface area (Å²) < 4.78 is 65.9. The van der Waals surface area contributed by atoms with E-state index in [1.54, 1.807) is 43.9 Å². The summed E-state index contributed by atoms with van der Waals surface area (Å²) in [4.78, 5) is 113. The van der Waals surface area contributed by atoms with Crippen molar-refractivity contribution in [2.45, 2.75) is 83.6 Å². The fourth-order valence-electron chi connectivity index (χ4n) is 7.43. The smallest absolute Gasteiger partial charge is 0.416 e. The van der Waals surface area contributed by atoms with Crippen LogP contribution in [0.2, 0.25) is 10.0 Å². The maximum atomic E-state index is 14.1. The Morgan fingerprint density at radius 1 is 0.603 bits per heavy atom. The van der Waals surface area contributed by atoms with Gasteiger partial charge in [0.2, 0.25) is 0 Å². The molecule has 0 saturated heterocycles. The number of carbonyl (C=O) groups excluding carboxylic acids is 2. The van der Waals surface area contributed by atoms with E-state index in [-0.39, 0.29) is 37.3 Å². The quantitative estimate of drug-likeness (QED) is 0.0309. The van der Waals surface area contributed by atoms with E-state index in [2.05, 4.69) is 14.9 Å². The van der Waals surface area contributed by atoms with Gasteiger partial charge in [-0.15, -0.1) is 0 Å². The zero-order valence-corrected chi connectivity index (χ0v) is 43.0. The van der Waals surface area contributed by atoms with E-state index in [0.29, 0.717) is 57.8 Å². The largest absolute Gasteiger partial charge is 0.419 e. The van der Waals surface area contributed by atoms with Gasteiger partial charge in [0.05, 0.1) is 29.0 Å². The van der Waals surface area contributed by atoms with Gasteiger partial charge in [-0.2, -0.15) is 0 Å². The maximum absolute atomic E-state index is 14.1. The fourth-order valence-corrected chi connectivity index (χ4v) is 12.4. The molecule has 28 heteroatoms. The third-order valence-electron chi connectivity index (χ3n) is 10.9. The van der Waals surface area contributed by atoms with Gasteiger partial charge in [0.1, 0.15) is 0 Å². The second-order valence-electron chi connectivity index (χ2n) is 15.8. The van der Waals surface area contributed by atoms with Crippen molar-refractivity contribution in [1.29, 1.82) is 0 Å². The summed E-state index contributed by atoms with van der Waals surface area (Å²) in [6, 6.07) is 10.7. The van der Waals surface area contributed by atoms with Crippen LogP contribution in [0.4, 0.5) is 21.0 Å². The summed E-state index contributed by atoms with van der Waals surface area (Å²) in [5.74, 6) is 0. The van der Waals surface area contributed by atoms with Crippen LogP contribution >= 0.6 is 53.6 Å². The zero-order chi connectivity index (χ0) is 50.8. The number of ether oxygens (including phenoxy) is 2. The first kappa shape index (κ1) is 57.5. The van der Waals surface area contributed by atoms with Crippen molar-refractivity contribution in [2.75, 3.05) is 55.7 Å². The molecule has 0 aliphatic rings. The van der Waals surface area contributed by atoms with Crippen LogP contribution < -0.4 is 9.80 Å². The SMILES string of the molecule is CCN(CC)CCCC(C)N(C(=O)OC(P(=O)(O)O)P(=O)(O)OCCN(CC)CCCC(C)N(C(=O)OC(P(=O)(O)O)P(=O)(O)O)c1ccnc2cc(Cl)ccc12)c1ccnc2cc(Cl)ccc12. The number of hydrogen-bond acceptors (Lipinski definition) is 13. The Balaban J connectivity index is 1.50. The van der Waals surface area contributed by atoms with Gasteiger partial charge in [-0.05, 0) is 121 Å². The Labute approximate surface area is 403 Å². The van der Waals surface area contributed by atoms with E-state index in [9.17, 15) is 62.1 Å². The monoisotopic (exact) mass is 1070 g/mol. The molecular formula is C40H58Cl2N6O16P4. The van der Waals surface area contributed by atoms with Gasteiger partial charge >= 0.3 is 53.7 Å². The first-order valence-corrected chi connectivity index (χ1v) is 28.8. The predicted octanol–water partition coefficient (Wildman–Crippen LogP) is 7.98. The van der Waals surface area contributed by atoms with Crippen LogP contribution in [0.1, 0.15) is 60.3 Å². The molecule has 2 heterocycles. The number of pyridine rings is 2. The van der Waals surface area contributed by atoms with Crippen molar-refractivity contribution in [3.8, 4) is 0 Å². The molecule has 4 rings (SSSR count). The van der Waals surface area contributed by atoms with Gasteiger partial charge in [0.15, 0.2) is 0 Å². The lowest BCUT2D eigenvalue weighted by atomic mass is 10.1. The fraction of sp³-hybridized carbons (Fsp3) is 0.500. The van der Waals surface area contributed by atoms with Crippen LogP contribution in [0, 0.1) is 0 Å². The van der Waals surface area contributed by atoms with Gasteiger partial charge in [-0.3, -0.25) is 38.0 Å². The molecule has 4 unspecified atom stereocenters. The molecule has 378 valence electrons. The highest BCUT2D eigenvalue weighted by molar-refractivity contribution is 7.71. The standard InChI is InChI=1S/C40H58Cl2N6O16P4/c1-6-45(7-2)21-9-11-27(4)48(36-18-20-44-34-26-30(42)14-16-32(34)36)38(50)64-40(67(57,58)59)68(60,61)62-24-23-46(8-3)22-10-12-28(5)47(37(49)63-39(65(51,52)53)66(54,55)56)35-17-19-43-33-25-29(41)13-15-31(33)35/h13-20,25-28,39-40H,6-12,21-24H2,1-5H3,(H,60,61)(H2,51,52,53)(H2,54,55,56)(H2,57,58,59). The average molecular weight is 1070 g/mol. The number of likely N-dealkylation sites (N-methyl/N-ethyl adjacent to an activating group) is 1. The summed E-state index contributed by atoms with van der Waals surface area (Å²) in [6.45, 7) is 11.3. The Morgan fingerprint density at radius 2 is 1.00 bits per heavy atom. The maximum Gasteiger partial charge on any atom is 0.416 e. The minimum atomic E-state index is -5.70. The molecule has 0 bridgehead atoms. The lowest BCUT2D eigenvalue weighted by Crippen LogP contribution is -2.41. The molecule has 0 aliphatic carbocycles. The Bertz CT molecular complexity index is 2540. The number of carbonyl (C=O) groups is 2. The molecule has 4 aromatic rings. The van der Waals surface area contributed by atoms with E-state index in [1.165, 1.54) is 42.7 Å². The highest BCUT2D eigenvalue weighted by atomic mass is 35.5. The summed E-state index contributed by atoms with van der Waals surface area (Å²) in [5, 5.41) is 1.47. The van der Waals surface area contributed by atoms with Crippen molar-refractivity contribution >= 4 is 99.0 Å². The molecule has 0 saturated carbocycles. The zero-order valence-electron chi connectivity index (χ0n) is 37.9. The molecule has 0 aliphatic heterocycles. The van der Waals surface area contributed by atoms with Crippen LogP contribution in [0.15, 0.2) is 60.9 Å². The summed E-state index contributed by atoms with van der Waals surface area (Å²) in [7, 11) is -22.5. The first-order valence-electron chi connectivity index (χ1n) is 21.4. The summed E-state index contributed by atoms with van der Waals surface area (Å²) >= 11 is 12.3. The number of anilines is 2. The number of rotatable bonds is 25. The molecule has 7 N–H and O–H groups in total. The Hall–Kier alpha value is -3.10. The molecule has 2 aromatic heterocycles. The second-order valence-corrected chi connectivity index (χ2v) is 24.2. The van der Waals surface area contributed by atoms with Crippen LogP contribution in [0.3, 0.4) is 0 Å². The lowest BCUT2D eigenvalue weighted by molar-refractivity contribution is 0.124. The van der Waals surface area contributed by atoms with Crippen LogP contribution in [0.5, 0.6) is 0 Å². The highest BCUT2D eigenvalue weighted by Crippen LogP contribution is 2.63. The van der Waals surface area contributed by atoms with Crippen LogP contribution in [0.25, 0.3) is 21.8 Å². The topological polar surface area (TPSA) is 310 Å². The number of aromatic nitrogens is 2. The number of hydrogen-bond donors (Lipinski definition) is 7. The van der Waals surface area contributed by atoms with Crippen LogP contribution in [-0.2, 0) is 32.3 Å². The number of halogens is 2. The van der Waals surface area contributed by atoms with Gasteiger partial charge in [-0.1, -0.05) is 44.0 Å². The highest BCUT2D eigenvalue weighted by Gasteiger charge is 2.51. The van der Waals surface area contributed by atoms with Crippen molar-refractivity contribution in [1.82, 2.24) is 19.8 Å². The molecule has 4 atom stereocenters. The van der Waals surface area contributed by atoms with E-state index in [0.717, 1.165) is 22.9 Å². The minimum Gasteiger partial charge on any atom is -0.419 e. The molecular weight excluding hydrogens is 1020 g/mol. The molecule has 0 fully saturated rings. The Kier molecular flexibility index (Phi) is 21.0. The third kappa shape index (κ3) is 15.7. The third-order valence-corrected chi connectivity index (χ3v) is 18.2. The Morgan fingerprint density at radius 3 is 1.40 bits per heavy atom. The summed E-state index contributed by atoms with van der Waals surface area (Å²) in [5.41, 5.74) is -4.91. The minimum absolute atomic E-state index is 0.0771. The second kappa shape index (κ2) is 24.8. The van der Waals surface area contributed by atoms with E-state index >= 15 is 0 Å². The van der Waals surface area contributed by atoms with Crippen LogP contribution in [-0.4, -0.2) is 135 Å². The van der Waals surface area contributed by atoms with Gasteiger partial charge in [0.25, 0.3) is 0 Å². The molecule has 2 aromatic carbocycles. The average Bonchev–Trinajstić information content (AvgIpc) is 3.24. The van der Waals surface area contributed by atoms with Gasteiger partial charge in [-0.25, -0.2) is 9.59 Å². The van der Waals surface area contributed by atoms with Gasteiger partial charge < -0.3 is 58.1 Å². The molecule has 68 heavy (non-hydrogen) atoms. The van der Waals surface area contributed by atoms with Crippen molar-refractivity contribution in [3.63, 3.8) is 0 Å². The number of fused-ring (bicyclic) bond motifs is 2. The predicted molar refractivity (Wildman–Crippen MR) is 258 cm³/mol.